The van der Waals surface area contributed by atoms with Crippen LogP contribution >= 0.6 is 15.9 Å². The molecule has 0 radical (unpaired) electrons. The Bertz CT molecular complexity index is 930. The van der Waals surface area contributed by atoms with Crippen molar-refractivity contribution in [3.05, 3.63) is 70.5 Å². The minimum absolute atomic E-state index is 0.425. The third-order valence-electron chi connectivity index (χ3n) is 3.80. The van der Waals surface area contributed by atoms with Crippen LogP contribution in [0.3, 0.4) is 0 Å². The number of rotatable bonds is 5. The van der Waals surface area contributed by atoms with Gasteiger partial charge in [0.25, 0.3) is 0 Å². The molecular weight excluding hydrogens is 423 g/mol. The van der Waals surface area contributed by atoms with E-state index >= 15 is 0 Å². The average Bonchev–Trinajstić information content (AvgIpc) is 2.63. The molecule has 2 aromatic carbocycles. The maximum Gasteiger partial charge on any atom is 0.416 e. The molecule has 8 heteroatoms. The van der Waals surface area contributed by atoms with Gasteiger partial charge in [0.15, 0.2) is 0 Å². The summed E-state index contributed by atoms with van der Waals surface area (Å²) in [6.07, 6.45) is -2.96. The first-order valence-electron chi connectivity index (χ1n) is 7.91. The summed E-state index contributed by atoms with van der Waals surface area (Å²) in [4.78, 5) is 8.45. The molecule has 0 amide bonds. The molecule has 0 aliphatic heterocycles. The zero-order valence-electron chi connectivity index (χ0n) is 14.2. The van der Waals surface area contributed by atoms with Gasteiger partial charge in [0.2, 0.25) is 0 Å². The van der Waals surface area contributed by atoms with Crippen LogP contribution in [0, 0.1) is 0 Å². The van der Waals surface area contributed by atoms with Crippen LogP contribution in [0.2, 0.25) is 0 Å². The van der Waals surface area contributed by atoms with Crippen LogP contribution < -0.4 is 5.32 Å². The van der Waals surface area contributed by atoms with Gasteiger partial charge < -0.3 is 10.1 Å². The fourth-order valence-corrected chi connectivity index (χ4v) is 2.89. The van der Waals surface area contributed by atoms with E-state index in [0.717, 1.165) is 27.7 Å². The van der Waals surface area contributed by atoms with Crippen LogP contribution in [0.1, 0.15) is 11.1 Å². The lowest BCUT2D eigenvalue weighted by Gasteiger charge is -2.12. The quantitative estimate of drug-likeness (QED) is 0.546. The number of nitrogens with one attached hydrogen (secondary N) is 1. The normalized spacial score (nSPS) is 11.4. The second-order valence-corrected chi connectivity index (χ2v) is 6.64. The number of alkyl halides is 3. The van der Waals surface area contributed by atoms with Crippen LogP contribution in [-0.2, 0) is 17.5 Å². The lowest BCUT2D eigenvalue weighted by Crippen LogP contribution is -2.04. The van der Waals surface area contributed by atoms with E-state index in [1.807, 2.05) is 18.2 Å². The van der Waals surface area contributed by atoms with E-state index in [1.165, 1.54) is 18.5 Å². The monoisotopic (exact) mass is 437 g/mol. The fraction of sp³-hybridized carbons (Fsp3) is 0.158. The fourth-order valence-electron chi connectivity index (χ4n) is 2.53. The van der Waals surface area contributed by atoms with Gasteiger partial charge in [0.1, 0.15) is 12.1 Å². The van der Waals surface area contributed by atoms with E-state index < -0.39 is 11.7 Å². The van der Waals surface area contributed by atoms with Crippen molar-refractivity contribution in [2.75, 3.05) is 12.4 Å². The molecule has 3 rings (SSSR count). The summed E-state index contributed by atoms with van der Waals surface area (Å²) in [7, 11) is 1.61. The Morgan fingerprint density at radius 2 is 1.78 bits per heavy atom. The zero-order chi connectivity index (χ0) is 19.4. The highest BCUT2D eigenvalue weighted by Gasteiger charge is 2.29. The molecule has 0 aliphatic rings. The SMILES string of the molecule is COCc1ccc(Br)cc1-c1cc(Nc2ccc(C(F)(F)F)cc2)ncn1. The largest absolute Gasteiger partial charge is 0.416 e. The van der Waals surface area contributed by atoms with Crippen molar-refractivity contribution in [2.45, 2.75) is 12.8 Å². The predicted molar refractivity (Wildman–Crippen MR) is 101 cm³/mol. The first-order valence-corrected chi connectivity index (χ1v) is 8.70. The van der Waals surface area contributed by atoms with Gasteiger partial charge in [-0.2, -0.15) is 13.2 Å². The molecule has 0 bridgehead atoms. The Labute approximate surface area is 162 Å². The second kappa shape index (κ2) is 8.06. The second-order valence-electron chi connectivity index (χ2n) is 5.72. The highest BCUT2D eigenvalue weighted by Crippen LogP contribution is 2.31. The summed E-state index contributed by atoms with van der Waals surface area (Å²) in [6, 6.07) is 12.3. The summed E-state index contributed by atoms with van der Waals surface area (Å²) in [6.45, 7) is 0.425. The van der Waals surface area contributed by atoms with Crippen molar-refractivity contribution < 1.29 is 17.9 Å². The van der Waals surface area contributed by atoms with Crippen molar-refractivity contribution >= 4 is 27.4 Å². The third-order valence-corrected chi connectivity index (χ3v) is 4.29. The molecule has 0 aliphatic carbocycles. The number of hydrogen-bond donors (Lipinski definition) is 1. The molecule has 140 valence electrons. The molecule has 0 spiro atoms. The van der Waals surface area contributed by atoms with Gasteiger partial charge in [0.05, 0.1) is 17.9 Å². The lowest BCUT2D eigenvalue weighted by atomic mass is 10.0. The summed E-state index contributed by atoms with van der Waals surface area (Å²) >= 11 is 3.45. The van der Waals surface area contributed by atoms with Crippen molar-refractivity contribution in [1.82, 2.24) is 9.97 Å². The topological polar surface area (TPSA) is 47.0 Å². The van der Waals surface area contributed by atoms with E-state index in [-0.39, 0.29) is 0 Å². The number of nitrogens with zero attached hydrogens (tertiary/aromatic N) is 2. The first-order chi connectivity index (χ1) is 12.9. The highest BCUT2D eigenvalue weighted by molar-refractivity contribution is 9.10. The summed E-state index contributed by atoms with van der Waals surface area (Å²) in [5.41, 5.74) is 2.31. The maximum atomic E-state index is 12.7. The van der Waals surface area contributed by atoms with E-state index in [0.29, 0.717) is 23.8 Å². The number of hydrogen-bond acceptors (Lipinski definition) is 4. The third kappa shape index (κ3) is 4.84. The minimum Gasteiger partial charge on any atom is -0.380 e. The summed E-state index contributed by atoms with van der Waals surface area (Å²) < 4.78 is 44.1. The predicted octanol–water partition coefficient (Wildman–Crippen LogP) is 5.81. The number of methoxy groups -OCH3 is 1. The number of anilines is 2. The maximum absolute atomic E-state index is 12.7. The molecule has 1 aromatic heterocycles. The van der Waals surface area contributed by atoms with Gasteiger partial charge >= 0.3 is 6.18 Å². The van der Waals surface area contributed by atoms with Crippen molar-refractivity contribution in [2.24, 2.45) is 0 Å². The Kier molecular flexibility index (Phi) is 5.76. The van der Waals surface area contributed by atoms with Gasteiger partial charge in [-0.25, -0.2) is 9.97 Å². The van der Waals surface area contributed by atoms with Crippen LogP contribution in [0.4, 0.5) is 24.7 Å². The molecule has 1 heterocycles. The van der Waals surface area contributed by atoms with Gasteiger partial charge in [0, 0.05) is 28.9 Å². The summed E-state index contributed by atoms with van der Waals surface area (Å²) in [5.74, 6) is 0.475. The smallest absolute Gasteiger partial charge is 0.380 e. The molecule has 0 fully saturated rings. The Morgan fingerprint density at radius 3 is 2.44 bits per heavy atom. The van der Waals surface area contributed by atoms with Gasteiger partial charge in [-0.15, -0.1) is 0 Å². The van der Waals surface area contributed by atoms with E-state index in [1.54, 1.807) is 13.2 Å². The molecule has 1 N–H and O–H groups in total. The molecule has 0 saturated heterocycles. The average molecular weight is 438 g/mol. The molecule has 0 saturated carbocycles. The Balaban J connectivity index is 1.87. The minimum atomic E-state index is -4.36. The van der Waals surface area contributed by atoms with Crippen LogP contribution in [-0.4, -0.2) is 17.1 Å². The van der Waals surface area contributed by atoms with Crippen LogP contribution in [0.25, 0.3) is 11.3 Å². The Morgan fingerprint density at radius 1 is 1.04 bits per heavy atom. The first kappa shape index (κ1) is 19.3. The highest BCUT2D eigenvalue weighted by atomic mass is 79.9. The van der Waals surface area contributed by atoms with E-state index in [4.69, 9.17) is 4.74 Å². The number of aromatic nitrogens is 2. The van der Waals surface area contributed by atoms with Crippen molar-refractivity contribution in [1.29, 1.82) is 0 Å². The molecule has 4 nitrogen and oxygen atoms in total. The van der Waals surface area contributed by atoms with Crippen molar-refractivity contribution in [3.63, 3.8) is 0 Å². The molecule has 27 heavy (non-hydrogen) atoms. The van der Waals surface area contributed by atoms with Crippen LogP contribution in [0.5, 0.6) is 0 Å². The van der Waals surface area contributed by atoms with Gasteiger partial charge in [-0.3, -0.25) is 0 Å². The Hall–Kier alpha value is -2.45. The van der Waals surface area contributed by atoms with Crippen molar-refractivity contribution in [3.8, 4) is 11.3 Å². The summed E-state index contributed by atoms with van der Waals surface area (Å²) in [5, 5.41) is 3.00. The molecule has 3 aromatic rings. The number of ether oxygens (including phenoxy) is 1. The molecule has 0 unspecified atom stereocenters. The zero-order valence-corrected chi connectivity index (χ0v) is 15.8. The van der Waals surface area contributed by atoms with Gasteiger partial charge in [-0.1, -0.05) is 22.0 Å². The van der Waals surface area contributed by atoms with Gasteiger partial charge in [-0.05, 0) is 42.0 Å². The van der Waals surface area contributed by atoms with E-state index in [2.05, 4.69) is 31.2 Å². The molecule has 0 atom stereocenters. The lowest BCUT2D eigenvalue weighted by molar-refractivity contribution is -0.137. The van der Waals surface area contributed by atoms with Crippen LogP contribution in [0.15, 0.2) is 59.3 Å². The van der Waals surface area contributed by atoms with E-state index in [9.17, 15) is 13.2 Å². The molecular formula is C19H15BrF3N3O. The number of halogens is 4. The number of benzene rings is 2. The standard InChI is InChI=1S/C19H15BrF3N3O/c1-27-10-12-2-5-14(20)8-16(12)17-9-18(25-11-24-17)26-15-6-3-13(4-7-15)19(21,22)23/h2-9,11H,10H2,1H3,(H,24,25,26).